The van der Waals surface area contributed by atoms with Crippen molar-refractivity contribution < 1.29 is 5.11 Å². The lowest BCUT2D eigenvalue weighted by molar-refractivity contribution is 0.0471. The quantitative estimate of drug-likeness (QED) is 0.701. The van der Waals surface area contributed by atoms with E-state index < -0.39 is 5.60 Å². The number of nitrogens with two attached hydrogens (primary N) is 1. The largest absolute Gasteiger partial charge is 0.389 e. The minimum atomic E-state index is -0.716. The van der Waals surface area contributed by atoms with Crippen molar-refractivity contribution in [2.45, 2.75) is 39.7 Å². The van der Waals surface area contributed by atoms with Crippen LogP contribution in [-0.2, 0) is 0 Å². The van der Waals surface area contributed by atoms with Gasteiger partial charge in [0.05, 0.1) is 5.60 Å². The Labute approximate surface area is 88.3 Å². The summed E-state index contributed by atoms with van der Waals surface area (Å²) in [6.45, 7) is 10.7. The van der Waals surface area contributed by atoms with Crippen molar-refractivity contribution in [3.63, 3.8) is 0 Å². The van der Waals surface area contributed by atoms with Crippen molar-refractivity contribution in [3.05, 3.63) is 0 Å². The molecule has 0 fully saturated rings. The van der Waals surface area contributed by atoms with E-state index in [4.69, 9.17) is 5.73 Å². The molecule has 14 heavy (non-hydrogen) atoms. The second-order valence-corrected chi connectivity index (χ2v) is 5.75. The van der Waals surface area contributed by atoms with Gasteiger partial charge in [0.25, 0.3) is 0 Å². The zero-order valence-electron chi connectivity index (χ0n) is 10.3. The van der Waals surface area contributed by atoms with E-state index in [1.807, 2.05) is 0 Å². The van der Waals surface area contributed by atoms with E-state index in [0.717, 1.165) is 19.5 Å². The molecule has 0 heterocycles. The average molecular weight is 202 g/mol. The Morgan fingerprint density at radius 1 is 1.21 bits per heavy atom. The predicted molar refractivity (Wildman–Crippen MR) is 61.2 cm³/mol. The molecule has 1 atom stereocenters. The van der Waals surface area contributed by atoms with Gasteiger partial charge in [0.1, 0.15) is 0 Å². The van der Waals surface area contributed by atoms with E-state index in [9.17, 15) is 5.11 Å². The maximum absolute atomic E-state index is 9.72. The molecule has 0 spiro atoms. The van der Waals surface area contributed by atoms with Crippen molar-refractivity contribution in [1.82, 2.24) is 4.90 Å². The first kappa shape index (κ1) is 13.9. The van der Waals surface area contributed by atoms with Gasteiger partial charge >= 0.3 is 0 Å². The molecule has 0 aromatic carbocycles. The lowest BCUT2D eigenvalue weighted by atomic mass is 9.95. The zero-order chi connectivity index (χ0) is 11.4. The molecule has 0 aliphatic carbocycles. The summed E-state index contributed by atoms with van der Waals surface area (Å²) in [4.78, 5) is 2.24. The summed E-state index contributed by atoms with van der Waals surface area (Å²) in [7, 11) is 2.08. The molecule has 0 aliphatic heterocycles. The maximum atomic E-state index is 9.72. The second-order valence-electron chi connectivity index (χ2n) is 5.75. The molecule has 0 aliphatic rings. The van der Waals surface area contributed by atoms with Crippen molar-refractivity contribution in [2.75, 3.05) is 26.7 Å². The van der Waals surface area contributed by atoms with Crippen molar-refractivity contribution in [2.24, 2.45) is 11.1 Å². The van der Waals surface area contributed by atoms with Gasteiger partial charge in [-0.25, -0.2) is 0 Å². The van der Waals surface area contributed by atoms with Gasteiger partial charge in [-0.2, -0.15) is 0 Å². The predicted octanol–water partition coefficient (Wildman–Crippen LogP) is 1.06. The van der Waals surface area contributed by atoms with Gasteiger partial charge in [0, 0.05) is 19.6 Å². The van der Waals surface area contributed by atoms with Crippen LogP contribution in [0.5, 0.6) is 0 Å². The third-order valence-electron chi connectivity index (χ3n) is 2.22. The Kier molecular flexibility index (Phi) is 5.06. The van der Waals surface area contributed by atoms with Crippen LogP contribution in [0.2, 0.25) is 0 Å². The van der Waals surface area contributed by atoms with Gasteiger partial charge in [-0.15, -0.1) is 0 Å². The highest BCUT2D eigenvalue weighted by Crippen LogP contribution is 2.15. The average Bonchev–Trinajstić information content (AvgIpc) is 1.98. The molecular formula is C11H26N2O. The topological polar surface area (TPSA) is 49.5 Å². The Morgan fingerprint density at radius 2 is 1.71 bits per heavy atom. The number of aliphatic hydroxyl groups is 1. The SMILES string of the molecule is CN(CCC(C)(O)CN)CC(C)(C)C. The smallest absolute Gasteiger partial charge is 0.0753 e. The molecule has 3 N–H and O–H groups in total. The minimum Gasteiger partial charge on any atom is -0.389 e. The van der Waals surface area contributed by atoms with Gasteiger partial charge in [-0.05, 0) is 25.8 Å². The lowest BCUT2D eigenvalue weighted by Gasteiger charge is -2.29. The van der Waals surface area contributed by atoms with Crippen LogP contribution in [-0.4, -0.2) is 42.3 Å². The highest BCUT2D eigenvalue weighted by molar-refractivity contribution is 4.75. The summed E-state index contributed by atoms with van der Waals surface area (Å²) in [6.07, 6.45) is 0.732. The first-order chi connectivity index (χ1) is 6.16. The first-order valence-corrected chi connectivity index (χ1v) is 5.27. The Morgan fingerprint density at radius 3 is 2.07 bits per heavy atom. The fourth-order valence-corrected chi connectivity index (χ4v) is 1.42. The molecule has 0 bridgehead atoms. The van der Waals surface area contributed by atoms with Crippen molar-refractivity contribution in [1.29, 1.82) is 0 Å². The van der Waals surface area contributed by atoms with Gasteiger partial charge in [-0.1, -0.05) is 20.8 Å². The molecule has 0 saturated carbocycles. The summed E-state index contributed by atoms with van der Waals surface area (Å²) in [5.74, 6) is 0. The summed E-state index contributed by atoms with van der Waals surface area (Å²) < 4.78 is 0. The number of hydrogen-bond acceptors (Lipinski definition) is 3. The van der Waals surface area contributed by atoms with E-state index in [-0.39, 0.29) is 0 Å². The Balaban J connectivity index is 3.80. The van der Waals surface area contributed by atoms with Gasteiger partial charge in [0.15, 0.2) is 0 Å². The van der Waals surface area contributed by atoms with Crippen molar-refractivity contribution in [3.8, 4) is 0 Å². The lowest BCUT2D eigenvalue weighted by Crippen LogP contribution is -2.39. The van der Waals surface area contributed by atoms with Gasteiger partial charge in [0.2, 0.25) is 0 Å². The van der Waals surface area contributed by atoms with Crippen LogP contribution in [0.3, 0.4) is 0 Å². The fraction of sp³-hybridized carbons (Fsp3) is 1.00. The van der Waals surface area contributed by atoms with Gasteiger partial charge in [-0.3, -0.25) is 0 Å². The standard InChI is InChI=1S/C11H26N2O/c1-10(2,3)9-13(5)7-6-11(4,14)8-12/h14H,6-9,12H2,1-5H3. The van der Waals surface area contributed by atoms with E-state index in [0.29, 0.717) is 12.0 Å². The second kappa shape index (κ2) is 5.10. The minimum absolute atomic E-state index is 0.309. The van der Waals surface area contributed by atoms with Crippen LogP contribution in [0, 0.1) is 5.41 Å². The molecule has 0 aromatic rings. The third kappa shape index (κ3) is 7.30. The van der Waals surface area contributed by atoms with Gasteiger partial charge < -0.3 is 15.7 Å². The molecule has 0 aromatic heterocycles. The molecule has 86 valence electrons. The highest BCUT2D eigenvalue weighted by Gasteiger charge is 2.20. The normalized spacial score (nSPS) is 17.1. The summed E-state index contributed by atoms with van der Waals surface area (Å²) in [5.41, 5.74) is 5.04. The van der Waals surface area contributed by atoms with Crippen LogP contribution >= 0.6 is 0 Å². The zero-order valence-corrected chi connectivity index (χ0v) is 10.3. The van der Waals surface area contributed by atoms with Crippen LogP contribution in [0.4, 0.5) is 0 Å². The highest BCUT2D eigenvalue weighted by atomic mass is 16.3. The third-order valence-corrected chi connectivity index (χ3v) is 2.22. The summed E-state index contributed by atoms with van der Waals surface area (Å²) >= 11 is 0. The van der Waals surface area contributed by atoms with E-state index in [1.54, 1.807) is 6.92 Å². The van der Waals surface area contributed by atoms with E-state index in [2.05, 4.69) is 32.7 Å². The Bertz CT molecular complexity index is 161. The van der Waals surface area contributed by atoms with Crippen LogP contribution in [0.1, 0.15) is 34.1 Å². The molecule has 0 rings (SSSR count). The Hall–Kier alpha value is -0.120. The molecule has 0 radical (unpaired) electrons. The number of nitrogens with zero attached hydrogens (tertiary/aromatic N) is 1. The van der Waals surface area contributed by atoms with Crippen LogP contribution in [0.25, 0.3) is 0 Å². The van der Waals surface area contributed by atoms with E-state index >= 15 is 0 Å². The molecule has 0 saturated heterocycles. The van der Waals surface area contributed by atoms with Crippen LogP contribution in [0.15, 0.2) is 0 Å². The molecule has 0 amide bonds. The molecular weight excluding hydrogens is 176 g/mol. The molecule has 3 heteroatoms. The van der Waals surface area contributed by atoms with Crippen LogP contribution < -0.4 is 5.73 Å². The van der Waals surface area contributed by atoms with E-state index in [1.165, 1.54) is 0 Å². The maximum Gasteiger partial charge on any atom is 0.0753 e. The monoisotopic (exact) mass is 202 g/mol. The fourth-order valence-electron chi connectivity index (χ4n) is 1.42. The number of rotatable bonds is 5. The van der Waals surface area contributed by atoms with Crippen molar-refractivity contribution >= 4 is 0 Å². The summed E-state index contributed by atoms with van der Waals surface area (Å²) in [5, 5.41) is 9.72. The summed E-state index contributed by atoms with van der Waals surface area (Å²) in [6, 6.07) is 0. The molecule has 1 unspecified atom stereocenters. The number of hydrogen-bond donors (Lipinski definition) is 2. The first-order valence-electron chi connectivity index (χ1n) is 5.27. The molecule has 3 nitrogen and oxygen atoms in total.